The summed E-state index contributed by atoms with van der Waals surface area (Å²) >= 11 is 0. The molecule has 1 aliphatic rings. The maximum absolute atomic E-state index is 9.86. The quantitative estimate of drug-likeness (QED) is 0.865. The zero-order chi connectivity index (χ0) is 12.4. The molecule has 2 nitrogen and oxygen atoms in total. The number of hydrogen-bond donors (Lipinski definition) is 1. The lowest BCUT2D eigenvalue weighted by atomic mass is 10.00. The van der Waals surface area contributed by atoms with E-state index in [-0.39, 0.29) is 6.10 Å². The summed E-state index contributed by atoms with van der Waals surface area (Å²) in [5.41, 5.74) is 2.28. The van der Waals surface area contributed by atoms with Crippen LogP contribution in [0.25, 0.3) is 0 Å². The first kappa shape index (κ1) is 12.4. The normalized spacial score (nSPS) is 22.2. The predicted molar refractivity (Wildman–Crippen MR) is 72.3 cm³/mol. The average Bonchev–Trinajstić information content (AvgIpc) is 2.77. The van der Waals surface area contributed by atoms with Crippen LogP contribution in [0, 0.1) is 5.92 Å². The van der Waals surface area contributed by atoms with E-state index < -0.39 is 0 Å². The van der Waals surface area contributed by atoms with Crippen LogP contribution in [0.4, 0.5) is 5.69 Å². The summed E-state index contributed by atoms with van der Waals surface area (Å²) in [5, 5.41) is 9.86. The van der Waals surface area contributed by atoms with E-state index in [4.69, 9.17) is 0 Å². The van der Waals surface area contributed by atoms with Gasteiger partial charge in [-0.05, 0) is 31.7 Å². The van der Waals surface area contributed by atoms with Crippen LogP contribution in [0.2, 0.25) is 0 Å². The van der Waals surface area contributed by atoms with Gasteiger partial charge in [-0.15, -0.1) is 0 Å². The minimum Gasteiger partial charge on any atom is -0.389 e. The van der Waals surface area contributed by atoms with Gasteiger partial charge in [-0.3, -0.25) is 0 Å². The van der Waals surface area contributed by atoms with Crippen molar-refractivity contribution in [1.29, 1.82) is 0 Å². The van der Waals surface area contributed by atoms with Crippen molar-refractivity contribution in [3.05, 3.63) is 29.8 Å². The van der Waals surface area contributed by atoms with Gasteiger partial charge in [0.2, 0.25) is 0 Å². The number of benzene rings is 1. The number of anilines is 1. The summed E-state index contributed by atoms with van der Waals surface area (Å²) in [6.07, 6.45) is 2.14. The molecule has 0 saturated carbocycles. The van der Waals surface area contributed by atoms with Crippen LogP contribution in [-0.4, -0.2) is 17.7 Å². The highest BCUT2D eigenvalue weighted by Crippen LogP contribution is 2.34. The molecular weight excluding hydrogens is 210 g/mol. The fourth-order valence-corrected chi connectivity index (χ4v) is 2.89. The highest BCUT2D eigenvalue weighted by atomic mass is 16.3. The van der Waals surface area contributed by atoms with Crippen LogP contribution in [0.3, 0.4) is 0 Å². The molecule has 0 amide bonds. The third-order valence-electron chi connectivity index (χ3n) is 3.77. The Bertz CT molecular complexity index is 373. The third kappa shape index (κ3) is 2.47. The van der Waals surface area contributed by atoms with Crippen LogP contribution < -0.4 is 4.90 Å². The molecule has 1 aromatic rings. The van der Waals surface area contributed by atoms with E-state index in [2.05, 4.69) is 30.9 Å². The van der Waals surface area contributed by atoms with Crippen LogP contribution in [-0.2, 0) is 0 Å². The minimum absolute atomic E-state index is 0.389. The first-order valence-electron chi connectivity index (χ1n) is 6.65. The standard InChI is InChI=1S/C15H23NO/c1-11(2)14-9-6-10-16(14)15-8-5-4-7-13(15)12(3)17/h4-5,7-8,11-12,14,17H,6,9-10H2,1-3H3/t12-,14?/m1/s1. The minimum atomic E-state index is -0.389. The molecule has 1 fully saturated rings. The number of nitrogens with zero attached hydrogens (tertiary/aromatic N) is 1. The Balaban J connectivity index is 2.33. The van der Waals surface area contributed by atoms with Gasteiger partial charge in [0, 0.05) is 23.8 Å². The van der Waals surface area contributed by atoms with Crippen molar-refractivity contribution < 1.29 is 5.11 Å². The third-order valence-corrected chi connectivity index (χ3v) is 3.77. The zero-order valence-electron chi connectivity index (χ0n) is 11.1. The molecule has 2 heteroatoms. The molecule has 17 heavy (non-hydrogen) atoms. The molecule has 94 valence electrons. The highest BCUT2D eigenvalue weighted by Gasteiger charge is 2.28. The highest BCUT2D eigenvalue weighted by molar-refractivity contribution is 5.56. The van der Waals surface area contributed by atoms with E-state index in [1.54, 1.807) is 0 Å². The van der Waals surface area contributed by atoms with Gasteiger partial charge in [0.25, 0.3) is 0 Å². The number of hydrogen-bond acceptors (Lipinski definition) is 2. The van der Waals surface area contributed by atoms with Gasteiger partial charge in [-0.2, -0.15) is 0 Å². The summed E-state index contributed by atoms with van der Waals surface area (Å²) in [6, 6.07) is 8.87. The fraction of sp³-hybridized carbons (Fsp3) is 0.600. The second-order valence-corrected chi connectivity index (χ2v) is 5.38. The van der Waals surface area contributed by atoms with Crippen molar-refractivity contribution in [2.45, 2.75) is 45.8 Å². The van der Waals surface area contributed by atoms with Gasteiger partial charge in [0.1, 0.15) is 0 Å². The number of para-hydroxylation sites is 1. The molecule has 1 saturated heterocycles. The van der Waals surface area contributed by atoms with Gasteiger partial charge < -0.3 is 10.0 Å². The Hall–Kier alpha value is -1.02. The lowest BCUT2D eigenvalue weighted by molar-refractivity contribution is 0.199. The molecule has 1 heterocycles. The predicted octanol–water partition coefficient (Wildman–Crippen LogP) is 3.36. The molecule has 1 aliphatic heterocycles. The van der Waals surface area contributed by atoms with Gasteiger partial charge >= 0.3 is 0 Å². The molecule has 1 unspecified atom stereocenters. The maximum atomic E-state index is 9.86. The Morgan fingerprint density at radius 1 is 1.24 bits per heavy atom. The summed E-state index contributed by atoms with van der Waals surface area (Å²) in [7, 11) is 0. The molecule has 0 radical (unpaired) electrons. The van der Waals surface area contributed by atoms with E-state index >= 15 is 0 Å². The lowest BCUT2D eigenvalue weighted by Gasteiger charge is -2.32. The monoisotopic (exact) mass is 233 g/mol. The smallest absolute Gasteiger partial charge is 0.0781 e. The summed E-state index contributed by atoms with van der Waals surface area (Å²) in [4.78, 5) is 2.48. The summed E-state index contributed by atoms with van der Waals surface area (Å²) in [5.74, 6) is 0.666. The van der Waals surface area contributed by atoms with Crippen molar-refractivity contribution >= 4 is 5.69 Å². The van der Waals surface area contributed by atoms with E-state index in [0.29, 0.717) is 12.0 Å². The molecule has 2 atom stereocenters. The summed E-state index contributed by atoms with van der Waals surface area (Å²) in [6.45, 7) is 7.54. The van der Waals surface area contributed by atoms with Gasteiger partial charge in [0.05, 0.1) is 6.10 Å². The van der Waals surface area contributed by atoms with Crippen molar-refractivity contribution in [3.8, 4) is 0 Å². The molecule has 0 aromatic heterocycles. The van der Waals surface area contributed by atoms with E-state index in [0.717, 1.165) is 12.1 Å². The first-order valence-corrected chi connectivity index (χ1v) is 6.65. The second-order valence-electron chi connectivity index (χ2n) is 5.38. The zero-order valence-corrected chi connectivity index (χ0v) is 11.1. The molecule has 1 aromatic carbocycles. The topological polar surface area (TPSA) is 23.5 Å². The number of rotatable bonds is 3. The Kier molecular flexibility index (Phi) is 3.72. The van der Waals surface area contributed by atoms with Gasteiger partial charge in [-0.1, -0.05) is 32.0 Å². The van der Waals surface area contributed by atoms with Crippen LogP contribution >= 0.6 is 0 Å². The van der Waals surface area contributed by atoms with E-state index in [1.165, 1.54) is 18.5 Å². The second kappa shape index (κ2) is 5.09. The molecule has 0 spiro atoms. The molecule has 1 N–H and O–H groups in total. The molecule has 0 aliphatic carbocycles. The fourth-order valence-electron chi connectivity index (χ4n) is 2.89. The summed E-state index contributed by atoms with van der Waals surface area (Å²) < 4.78 is 0. The Labute approximate surface area is 104 Å². The van der Waals surface area contributed by atoms with Gasteiger partial charge in [-0.25, -0.2) is 0 Å². The van der Waals surface area contributed by atoms with Crippen LogP contribution in [0.1, 0.15) is 45.3 Å². The van der Waals surface area contributed by atoms with Crippen molar-refractivity contribution in [3.63, 3.8) is 0 Å². The first-order chi connectivity index (χ1) is 8.11. The lowest BCUT2D eigenvalue weighted by Crippen LogP contribution is -2.34. The number of aliphatic hydroxyl groups excluding tert-OH is 1. The Morgan fingerprint density at radius 2 is 1.94 bits per heavy atom. The van der Waals surface area contributed by atoms with Crippen molar-refractivity contribution in [1.82, 2.24) is 0 Å². The molecule has 2 rings (SSSR count). The Morgan fingerprint density at radius 3 is 2.59 bits per heavy atom. The average molecular weight is 233 g/mol. The van der Waals surface area contributed by atoms with Gasteiger partial charge in [0.15, 0.2) is 0 Å². The van der Waals surface area contributed by atoms with Crippen LogP contribution in [0.5, 0.6) is 0 Å². The van der Waals surface area contributed by atoms with Crippen LogP contribution in [0.15, 0.2) is 24.3 Å². The van der Waals surface area contributed by atoms with E-state index in [9.17, 15) is 5.11 Å². The van der Waals surface area contributed by atoms with Crippen molar-refractivity contribution in [2.24, 2.45) is 5.92 Å². The van der Waals surface area contributed by atoms with E-state index in [1.807, 2.05) is 19.1 Å². The maximum Gasteiger partial charge on any atom is 0.0781 e. The molecular formula is C15H23NO. The van der Waals surface area contributed by atoms with Crippen molar-refractivity contribution in [2.75, 3.05) is 11.4 Å². The largest absolute Gasteiger partial charge is 0.389 e. The number of aliphatic hydroxyl groups is 1. The molecule has 0 bridgehead atoms. The SMILES string of the molecule is CC(C)C1CCCN1c1ccccc1[C@@H](C)O.